The van der Waals surface area contributed by atoms with Gasteiger partial charge in [-0.2, -0.15) is 0 Å². The SMILES string of the molecule is CC(C)(C)OC(=O)N1c2ccccc2OCC1CCO. The Bertz CT molecular complexity index is 481. The summed E-state index contributed by atoms with van der Waals surface area (Å²) in [6.07, 6.45) is 0.0415. The number of fused-ring (bicyclic) bond motifs is 1. The first-order valence-corrected chi connectivity index (χ1v) is 6.77. The van der Waals surface area contributed by atoms with Crippen molar-refractivity contribution in [2.75, 3.05) is 18.1 Å². The summed E-state index contributed by atoms with van der Waals surface area (Å²) in [7, 11) is 0. The Morgan fingerprint density at radius 3 is 2.80 bits per heavy atom. The summed E-state index contributed by atoms with van der Waals surface area (Å²) in [6.45, 7) is 5.85. The highest BCUT2D eigenvalue weighted by Crippen LogP contribution is 2.35. The van der Waals surface area contributed by atoms with E-state index in [4.69, 9.17) is 14.6 Å². The molecule has 1 amide bonds. The quantitative estimate of drug-likeness (QED) is 0.904. The van der Waals surface area contributed by atoms with Gasteiger partial charge in [-0.3, -0.25) is 4.90 Å². The first kappa shape index (κ1) is 14.7. The van der Waals surface area contributed by atoms with Crippen LogP contribution in [0.1, 0.15) is 27.2 Å². The van der Waals surface area contributed by atoms with Gasteiger partial charge in [0.1, 0.15) is 18.0 Å². The van der Waals surface area contributed by atoms with E-state index in [0.717, 1.165) is 0 Å². The Labute approximate surface area is 119 Å². The Kier molecular flexibility index (Phi) is 4.18. The molecule has 110 valence electrons. The molecule has 1 heterocycles. The molecular formula is C15H21NO4. The van der Waals surface area contributed by atoms with Crippen LogP contribution in [-0.2, 0) is 4.74 Å². The van der Waals surface area contributed by atoms with Crippen LogP contribution < -0.4 is 9.64 Å². The highest BCUT2D eigenvalue weighted by molar-refractivity contribution is 5.91. The third kappa shape index (κ3) is 3.22. The maximum Gasteiger partial charge on any atom is 0.415 e. The van der Waals surface area contributed by atoms with E-state index in [0.29, 0.717) is 24.5 Å². The standard InChI is InChI=1S/C15H21NO4/c1-15(2,3)20-14(18)16-11(8-9-17)10-19-13-7-5-4-6-12(13)16/h4-7,11,17H,8-10H2,1-3H3. The van der Waals surface area contributed by atoms with E-state index in [9.17, 15) is 4.79 Å². The average Bonchev–Trinajstić information content (AvgIpc) is 2.36. The van der Waals surface area contributed by atoms with Gasteiger partial charge in [0.15, 0.2) is 0 Å². The highest BCUT2D eigenvalue weighted by Gasteiger charge is 2.34. The van der Waals surface area contributed by atoms with Gasteiger partial charge in [0, 0.05) is 6.61 Å². The van der Waals surface area contributed by atoms with Gasteiger partial charge in [0.05, 0.1) is 11.7 Å². The minimum Gasteiger partial charge on any atom is -0.489 e. The maximum absolute atomic E-state index is 12.4. The minimum absolute atomic E-state index is 0.00447. The van der Waals surface area contributed by atoms with Gasteiger partial charge in [-0.25, -0.2) is 4.79 Å². The molecule has 1 aliphatic rings. The number of hydrogen-bond donors (Lipinski definition) is 1. The third-order valence-electron chi connectivity index (χ3n) is 2.97. The lowest BCUT2D eigenvalue weighted by Gasteiger charge is -2.37. The molecule has 0 spiro atoms. The van der Waals surface area contributed by atoms with Gasteiger partial charge in [-0.1, -0.05) is 12.1 Å². The van der Waals surface area contributed by atoms with Crippen molar-refractivity contribution in [1.29, 1.82) is 0 Å². The summed E-state index contributed by atoms with van der Waals surface area (Å²) in [5.41, 5.74) is 0.125. The van der Waals surface area contributed by atoms with E-state index >= 15 is 0 Å². The van der Waals surface area contributed by atoms with Crippen LogP contribution in [0.15, 0.2) is 24.3 Å². The van der Waals surface area contributed by atoms with Crippen LogP contribution in [0.4, 0.5) is 10.5 Å². The lowest BCUT2D eigenvalue weighted by atomic mass is 10.1. The molecular weight excluding hydrogens is 258 g/mol. The number of anilines is 1. The first-order valence-electron chi connectivity index (χ1n) is 6.77. The molecule has 1 aromatic carbocycles. The lowest BCUT2D eigenvalue weighted by molar-refractivity contribution is 0.0535. The van der Waals surface area contributed by atoms with Gasteiger partial charge in [0.2, 0.25) is 0 Å². The van der Waals surface area contributed by atoms with Crippen LogP contribution in [-0.4, -0.2) is 36.1 Å². The number of carbonyl (C=O) groups excluding carboxylic acids is 1. The topological polar surface area (TPSA) is 59.0 Å². The molecule has 0 radical (unpaired) electrons. The van der Waals surface area contributed by atoms with Crippen molar-refractivity contribution >= 4 is 11.8 Å². The number of aliphatic hydroxyl groups is 1. The van der Waals surface area contributed by atoms with Gasteiger partial charge in [0.25, 0.3) is 0 Å². The molecule has 1 unspecified atom stereocenters. The second-order valence-electron chi connectivity index (χ2n) is 5.80. The van der Waals surface area contributed by atoms with Crippen LogP contribution in [0.25, 0.3) is 0 Å². The molecule has 5 heteroatoms. The Morgan fingerprint density at radius 1 is 1.45 bits per heavy atom. The number of ether oxygens (including phenoxy) is 2. The second-order valence-corrected chi connectivity index (χ2v) is 5.80. The number of nitrogens with zero attached hydrogens (tertiary/aromatic N) is 1. The van der Waals surface area contributed by atoms with Crippen molar-refractivity contribution in [1.82, 2.24) is 0 Å². The Morgan fingerprint density at radius 2 is 2.15 bits per heavy atom. The van der Waals surface area contributed by atoms with Crippen LogP contribution >= 0.6 is 0 Å². The molecule has 1 aromatic rings. The van der Waals surface area contributed by atoms with Gasteiger partial charge >= 0.3 is 6.09 Å². The van der Waals surface area contributed by atoms with E-state index in [1.54, 1.807) is 4.90 Å². The molecule has 20 heavy (non-hydrogen) atoms. The highest BCUT2D eigenvalue weighted by atomic mass is 16.6. The lowest BCUT2D eigenvalue weighted by Crippen LogP contribution is -2.49. The summed E-state index contributed by atoms with van der Waals surface area (Å²) in [4.78, 5) is 14.0. The fourth-order valence-corrected chi connectivity index (χ4v) is 2.16. The Balaban J connectivity index is 2.31. The first-order chi connectivity index (χ1) is 9.42. The molecule has 0 aromatic heterocycles. The molecule has 0 saturated heterocycles. The van der Waals surface area contributed by atoms with Gasteiger partial charge in [-0.15, -0.1) is 0 Å². The summed E-state index contributed by atoms with van der Waals surface area (Å²) >= 11 is 0. The molecule has 2 rings (SSSR count). The van der Waals surface area contributed by atoms with Crippen molar-refractivity contribution in [2.45, 2.75) is 38.8 Å². The predicted molar refractivity (Wildman–Crippen MR) is 76.1 cm³/mol. The van der Waals surface area contributed by atoms with E-state index in [1.807, 2.05) is 45.0 Å². The van der Waals surface area contributed by atoms with Crippen molar-refractivity contribution in [3.63, 3.8) is 0 Å². The van der Waals surface area contributed by atoms with Crippen molar-refractivity contribution in [3.05, 3.63) is 24.3 Å². The summed E-state index contributed by atoms with van der Waals surface area (Å²) in [6, 6.07) is 7.13. The number of amides is 1. The molecule has 1 N–H and O–H groups in total. The maximum atomic E-state index is 12.4. The van der Waals surface area contributed by atoms with Crippen LogP contribution in [0, 0.1) is 0 Å². The largest absolute Gasteiger partial charge is 0.489 e. The number of rotatable bonds is 2. The molecule has 0 saturated carbocycles. The predicted octanol–water partition coefficient (Wildman–Crippen LogP) is 2.57. The second kappa shape index (κ2) is 5.71. The summed E-state index contributed by atoms with van der Waals surface area (Å²) < 4.78 is 11.1. The zero-order valence-corrected chi connectivity index (χ0v) is 12.1. The fraction of sp³-hybridized carbons (Fsp3) is 0.533. The number of hydrogen-bond acceptors (Lipinski definition) is 4. The van der Waals surface area contributed by atoms with E-state index in [2.05, 4.69) is 0 Å². The van der Waals surface area contributed by atoms with Gasteiger partial charge in [-0.05, 0) is 39.3 Å². The summed E-state index contributed by atoms with van der Waals surface area (Å²) in [5.74, 6) is 0.660. The molecule has 0 bridgehead atoms. The molecule has 1 aliphatic heterocycles. The van der Waals surface area contributed by atoms with Gasteiger partial charge < -0.3 is 14.6 Å². The zero-order valence-electron chi connectivity index (χ0n) is 12.1. The van der Waals surface area contributed by atoms with Crippen molar-refractivity contribution < 1.29 is 19.4 Å². The normalized spacial score (nSPS) is 18.2. The monoisotopic (exact) mass is 279 g/mol. The Hall–Kier alpha value is -1.75. The van der Waals surface area contributed by atoms with E-state index in [1.165, 1.54) is 0 Å². The molecule has 5 nitrogen and oxygen atoms in total. The minimum atomic E-state index is -0.561. The molecule has 0 aliphatic carbocycles. The van der Waals surface area contributed by atoms with Crippen LogP contribution in [0.5, 0.6) is 5.75 Å². The molecule has 0 fully saturated rings. The number of carbonyl (C=O) groups is 1. The van der Waals surface area contributed by atoms with Crippen molar-refractivity contribution in [3.8, 4) is 5.75 Å². The fourth-order valence-electron chi connectivity index (χ4n) is 2.16. The number of para-hydroxylation sites is 2. The number of benzene rings is 1. The zero-order chi connectivity index (χ0) is 14.8. The van der Waals surface area contributed by atoms with Crippen molar-refractivity contribution in [2.24, 2.45) is 0 Å². The van der Waals surface area contributed by atoms with E-state index < -0.39 is 11.7 Å². The average molecular weight is 279 g/mol. The third-order valence-corrected chi connectivity index (χ3v) is 2.97. The van der Waals surface area contributed by atoms with E-state index in [-0.39, 0.29) is 12.6 Å². The number of aliphatic hydroxyl groups excluding tert-OH is 1. The molecule has 1 atom stereocenters. The van der Waals surface area contributed by atoms with Crippen LogP contribution in [0.2, 0.25) is 0 Å². The van der Waals surface area contributed by atoms with Crippen LogP contribution in [0.3, 0.4) is 0 Å². The summed E-state index contributed by atoms with van der Waals surface area (Å²) in [5, 5.41) is 9.16. The smallest absolute Gasteiger partial charge is 0.415 e.